The summed E-state index contributed by atoms with van der Waals surface area (Å²) >= 11 is 0. The van der Waals surface area contributed by atoms with Gasteiger partial charge in [-0.1, -0.05) is 139 Å². The molecule has 0 N–H and O–H groups in total. The van der Waals surface area contributed by atoms with E-state index < -0.39 is 0 Å². The van der Waals surface area contributed by atoms with Crippen LogP contribution in [-0.4, -0.2) is 19.1 Å². The average molecular weight is 842 g/mol. The molecule has 0 saturated carbocycles. The van der Waals surface area contributed by atoms with Gasteiger partial charge >= 0.3 is 0 Å². The molecule has 0 aliphatic carbocycles. The van der Waals surface area contributed by atoms with Crippen molar-refractivity contribution in [1.82, 2.24) is 19.1 Å². The molecule has 0 bridgehead atoms. The lowest BCUT2D eigenvalue weighted by molar-refractivity contribution is 0.563. The zero-order valence-electron chi connectivity index (χ0n) is 37.6. The fraction of sp³-hybridized carbons (Fsp3) is 0.220. The summed E-state index contributed by atoms with van der Waals surface area (Å²) in [6, 6.07) is 60.8. The Labute approximate surface area is 380 Å². The van der Waals surface area contributed by atoms with E-state index in [4.69, 9.17) is 0 Å². The summed E-state index contributed by atoms with van der Waals surface area (Å²) in [5.74, 6) is 1.20. The fourth-order valence-corrected chi connectivity index (χ4v) is 8.58. The van der Waals surface area contributed by atoms with Gasteiger partial charge in [0.05, 0.1) is 22.7 Å². The Morgan fingerprint density at radius 2 is 0.875 bits per heavy atom. The first-order chi connectivity index (χ1) is 30.9. The Kier molecular flexibility index (Phi) is 14.7. The van der Waals surface area contributed by atoms with Gasteiger partial charge in [0, 0.05) is 74.4 Å². The van der Waals surface area contributed by atoms with Gasteiger partial charge in [-0.2, -0.15) is 0 Å². The lowest BCUT2D eigenvalue weighted by Crippen LogP contribution is -2.09. The van der Waals surface area contributed by atoms with Crippen LogP contribution in [0.3, 0.4) is 0 Å². The molecule has 3 unspecified atom stereocenters. The maximum atomic E-state index is 4.33. The lowest BCUT2D eigenvalue weighted by Gasteiger charge is -2.25. The number of benzene rings is 6. The second kappa shape index (κ2) is 20.9. The number of aromatic nitrogens is 4. The van der Waals surface area contributed by atoms with Crippen LogP contribution in [0.1, 0.15) is 97.2 Å². The van der Waals surface area contributed by atoms with Crippen LogP contribution in [0.25, 0.3) is 49.3 Å². The van der Waals surface area contributed by atoms with Gasteiger partial charge in [-0.05, 0) is 122 Å². The summed E-state index contributed by atoms with van der Waals surface area (Å²) in [5.41, 5.74) is 12.5. The van der Waals surface area contributed by atoms with Crippen molar-refractivity contribution >= 4 is 60.7 Å². The third kappa shape index (κ3) is 9.35. The molecule has 3 atom stereocenters. The molecule has 0 spiro atoms. The molecular weight excluding hydrogens is 779 g/mol. The molecule has 5 nitrogen and oxygen atoms in total. The van der Waals surface area contributed by atoms with Crippen LogP contribution in [0.2, 0.25) is 0 Å². The number of para-hydroxylation sites is 4. The highest BCUT2D eigenvalue weighted by Gasteiger charge is 2.15. The van der Waals surface area contributed by atoms with Gasteiger partial charge in [0.2, 0.25) is 0 Å². The zero-order chi connectivity index (χ0) is 43.7. The fourth-order valence-electron chi connectivity index (χ4n) is 8.58. The van der Waals surface area contributed by atoms with E-state index in [1.807, 2.05) is 24.8 Å². The van der Waals surface area contributed by atoms with E-state index in [1.165, 1.54) is 84.8 Å². The number of fused-ring (bicyclic) bond motifs is 6. The highest BCUT2D eigenvalue weighted by Crippen LogP contribution is 2.36. The summed E-state index contributed by atoms with van der Waals surface area (Å²) in [6.45, 7) is 13.5. The first kappa shape index (κ1) is 45.1. The predicted molar refractivity (Wildman–Crippen MR) is 276 cm³/mol. The van der Waals surface area contributed by atoms with Gasteiger partial charge in [-0.3, -0.25) is 9.97 Å². The van der Waals surface area contributed by atoms with Crippen molar-refractivity contribution < 1.29 is 0 Å². The third-order valence-corrected chi connectivity index (χ3v) is 12.7. The van der Waals surface area contributed by atoms with Gasteiger partial charge in [0.15, 0.2) is 0 Å². The summed E-state index contributed by atoms with van der Waals surface area (Å²) < 4.78 is 4.73. The molecule has 0 fully saturated rings. The first-order valence-corrected chi connectivity index (χ1v) is 22.7. The lowest BCUT2D eigenvalue weighted by atomic mass is 9.98. The molecule has 10 aromatic rings. The summed E-state index contributed by atoms with van der Waals surface area (Å²) in [5, 5.41) is 5.08. The van der Waals surface area contributed by atoms with Crippen LogP contribution in [0, 0.1) is 0 Å². The molecule has 0 aliphatic heterocycles. The molecule has 4 aromatic heterocycles. The van der Waals surface area contributed by atoms with E-state index in [1.54, 1.807) is 0 Å². The van der Waals surface area contributed by atoms with E-state index in [0.717, 1.165) is 11.9 Å². The number of anilines is 3. The Morgan fingerprint density at radius 1 is 0.422 bits per heavy atom. The van der Waals surface area contributed by atoms with Crippen LogP contribution in [0.4, 0.5) is 17.1 Å². The van der Waals surface area contributed by atoms with E-state index in [0.29, 0.717) is 17.9 Å². The van der Waals surface area contributed by atoms with E-state index in [2.05, 4.69) is 235 Å². The minimum atomic E-state index is 0. The molecule has 4 heterocycles. The topological polar surface area (TPSA) is 38.9 Å². The molecule has 6 aromatic carbocycles. The minimum absolute atomic E-state index is 0. The van der Waals surface area contributed by atoms with E-state index in [9.17, 15) is 0 Å². The number of hydrogen-bond donors (Lipinski definition) is 0. The SMILES string of the molecule is C.CCC(C)c1ccc(-n2c3ccccc3c3ccncc32)cc1.CCC(C)c1ccc(N(c2ccccc2)c2ccccc2)cc1.CCC(C)n1c2ccccc2c2cnccc21. The van der Waals surface area contributed by atoms with Crippen LogP contribution in [-0.2, 0) is 0 Å². The van der Waals surface area contributed by atoms with Gasteiger partial charge in [-0.25, -0.2) is 0 Å². The monoisotopic (exact) mass is 842 g/mol. The second-order valence-corrected chi connectivity index (χ2v) is 16.6. The highest BCUT2D eigenvalue weighted by atomic mass is 15.1. The van der Waals surface area contributed by atoms with Crippen molar-refractivity contribution in [3.8, 4) is 5.69 Å². The second-order valence-electron chi connectivity index (χ2n) is 16.6. The Balaban J connectivity index is 0.000000144. The summed E-state index contributed by atoms with van der Waals surface area (Å²) in [7, 11) is 0. The molecule has 0 aliphatic rings. The van der Waals surface area contributed by atoms with Crippen LogP contribution in [0.15, 0.2) is 195 Å². The largest absolute Gasteiger partial charge is 0.338 e. The molecule has 0 radical (unpaired) electrons. The van der Waals surface area contributed by atoms with Crippen LogP contribution >= 0.6 is 0 Å². The minimum Gasteiger partial charge on any atom is -0.338 e. The number of hydrogen-bond acceptors (Lipinski definition) is 3. The molecule has 0 saturated heterocycles. The molecule has 10 rings (SSSR count). The van der Waals surface area contributed by atoms with E-state index >= 15 is 0 Å². The molecular formula is C59H63N5. The number of nitrogens with zero attached hydrogens (tertiary/aromatic N) is 5. The van der Waals surface area contributed by atoms with Gasteiger partial charge in [-0.15, -0.1) is 0 Å². The van der Waals surface area contributed by atoms with Crippen LogP contribution in [0.5, 0.6) is 0 Å². The smallest absolute Gasteiger partial charge is 0.0724 e. The van der Waals surface area contributed by atoms with Crippen molar-refractivity contribution in [1.29, 1.82) is 0 Å². The third-order valence-electron chi connectivity index (χ3n) is 12.7. The van der Waals surface area contributed by atoms with Crippen molar-refractivity contribution in [3.63, 3.8) is 0 Å². The number of pyridine rings is 2. The Hall–Kier alpha value is -6.98. The highest BCUT2D eigenvalue weighted by molar-refractivity contribution is 6.09. The Bertz CT molecular complexity index is 2860. The quantitative estimate of drug-likeness (QED) is 0.138. The maximum absolute atomic E-state index is 4.33. The molecule has 64 heavy (non-hydrogen) atoms. The summed E-state index contributed by atoms with van der Waals surface area (Å²) in [4.78, 5) is 10.9. The zero-order valence-corrected chi connectivity index (χ0v) is 37.6. The van der Waals surface area contributed by atoms with Crippen LogP contribution < -0.4 is 4.90 Å². The summed E-state index contributed by atoms with van der Waals surface area (Å²) in [6.07, 6.45) is 11.1. The van der Waals surface area contributed by atoms with Gasteiger partial charge < -0.3 is 14.0 Å². The first-order valence-electron chi connectivity index (χ1n) is 22.7. The van der Waals surface area contributed by atoms with Crippen molar-refractivity contribution in [2.45, 2.75) is 86.1 Å². The Morgan fingerprint density at radius 3 is 1.45 bits per heavy atom. The average Bonchev–Trinajstić information content (AvgIpc) is 3.88. The molecule has 0 amide bonds. The van der Waals surface area contributed by atoms with E-state index in [-0.39, 0.29) is 7.43 Å². The molecule has 5 heteroatoms. The van der Waals surface area contributed by atoms with Gasteiger partial charge in [0.1, 0.15) is 0 Å². The maximum Gasteiger partial charge on any atom is 0.0724 e. The van der Waals surface area contributed by atoms with Crippen molar-refractivity contribution in [2.24, 2.45) is 0 Å². The van der Waals surface area contributed by atoms with Crippen molar-refractivity contribution in [2.75, 3.05) is 4.90 Å². The predicted octanol–water partition coefficient (Wildman–Crippen LogP) is 17.2. The number of rotatable bonds is 10. The normalized spacial score (nSPS) is 12.4. The van der Waals surface area contributed by atoms with Gasteiger partial charge in [0.25, 0.3) is 0 Å². The van der Waals surface area contributed by atoms with Crippen molar-refractivity contribution in [3.05, 3.63) is 206 Å². The standard InChI is InChI=1S/C22H23N.C21H20N2.C15H16N2.CH4/c1-3-18(2)19-14-16-22(17-15-19)23(20-10-6-4-7-11-20)21-12-8-5-9-13-21;1-3-15(2)16-8-10-17(11-9-16)23-20-7-5-4-6-18(20)19-12-13-22-14-21(19)23;1-3-11(2)17-14-7-5-4-6-12(14)13-10-16-9-8-15(13)17;/h4-18H,3H2,1-2H3;4-15H,3H2,1-2H3;4-11H,3H2,1-2H3;1H4. The molecule has 324 valence electrons.